The van der Waals surface area contributed by atoms with E-state index in [9.17, 15) is 53.4 Å². The minimum absolute atomic E-state index is 0.0486. The van der Waals surface area contributed by atoms with Gasteiger partial charge in [-0.15, -0.1) is 0 Å². The number of hydrogen-bond acceptors (Lipinski definition) is 15. The van der Waals surface area contributed by atoms with Gasteiger partial charge in [0.15, 0.2) is 5.72 Å². The molecule has 3 aliphatic rings. The summed E-state index contributed by atoms with van der Waals surface area (Å²) in [6.07, 6.45) is 2.14. The number of aliphatic hydroxyl groups excluding tert-OH is 1. The fraction of sp³-hybridized carbons (Fsp3) is 0.518. The molecule has 0 aliphatic carbocycles. The van der Waals surface area contributed by atoms with Gasteiger partial charge in [-0.25, -0.2) is 14.4 Å². The number of anilines is 3. The lowest BCUT2D eigenvalue weighted by molar-refractivity contribution is -0.152. The zero-order valence-electron chi connectivity index (χ0n) is 46.9. The zero-order chi connectivity index (χ0) is 59.7. The Kier molecular flexibility index (Phi) is 23.6. The van der Waals surface area contributed by atoms with Crippen molar-refractivity contribution in [3.63, 3.8) is 0 Å². The van der Waals surface area contributed by atoms with Crippen LogP contribution in [0.15, 0.2) is 72.4 Å². The largest absolute Gasteiger partial charge is 0.495 e. The zero-order valence-corrected chi connectivity index (χ0v) is 47.6. The minimum Gasteiger partial charge on any atom is -0.495 e. The number of carbonyl (C=O) groups is 9. The number of amides is 10. The number of primary amides is 1. The van der Waals surface area contributed by atoms with Gasteiger partial charge in [-0.2, -0.15) is 0 Å². The second kappa shape index (κ2) is 29.8. The second-order valence-corrected chi connectivity index (χ2v) is 21.2. The number of allylic oxidation sites excluding steroid dienone is 3. The van der Waals surface area contributed by atoms with Crippen molar-refractivity contribution < 1.29 is 72.3 Å². The quantitative estimate of drug-likeness (QED) is 0.0640. The summed E-state index contributed by atoms with van der Waals surface area (Å²) < 4.78 is 22.8. The summed E-state index contributed by atoms with van der Waals surface area (Å²) in [7, 11) is 4.31. The third-order valence-electron chi connectivity index (χ3n) is 14.3. The van der Waals surface area contributed by atoms with E-state index in [-0.39, 0.29) is 67.0 Å². The molecule has 10 amide bonds. The van der Waals surface area contributed by atoms with E-state index in [1.54, 1.807) is 58.1 Å². The summed E-state index contributed by atoms with van der Waals surface area (Å²) in [5.41, 5.74) is 5.59. The van der Waals surface area contributed by atoms with Crippen LogP contribution in [-0.4, -0.2) is 145 Å². The fourth-order valence-corrected chi connectivity index (χ4v) is 9.86. The predicted molar refractivity (Wildman–Crippen MR) is 300 cm³/mol. The molecular formula is C56H76ClN9O15. The standard InChI is InChI=1S/C56H76ClN9O15/c1-31(2)49(63-44(67)17-10-9-11-25-66-45(68)22-23-46(66)69)52(73)62-38(15-13-24-59-53(58)74)51(72)60-36-18-20-37(21-19-36)61-54(75)80-40-29-47(70)65(6)39-27-35(28-41(78-7)48(39)57)26-32(3)14-12-16-43(79-8)56(77)30-42(81-55(76)64-56)34(5)50(71)33(40)4/h12,14,16,18-23,27-28,31,33-34,38,40,42-43,49-50,71,77H,9-11,13,15,17,24-26,29-30H2,1-8H3,(H,60,72)(H,61,75)(H,62,73)(H,63,67)(H,64,76)(H3,58,59,74)/b16-12+,32-14+/t33-,34-,38+,40+,42+,43-,49+,50-,56+/m1/s1. The molecule has 3 heterocycles. The fourth-order valence-electron chi connectivity index (χ4n) is 9.55. The summed E-state index contributed by atoms with van der Waals surface area (Å²) in [6, 6.07) is 6.34. The monoisotopic (exact) mass is 1150 g/mol. The molecule has 442 valence electrons. The minimum atomic E-state index is -1.97. The van der Waals surface area contributed by atoms with Crippen LogP contribution in [0.25, 0.3) is 0 Å². The molecule has 0 aromatic heterocycles. The number of imide groups is 1. The lowest BCUT2D eigenvalue weighted by atomic mass is 9.81. The van der Waals surface area contributed by atoms with Crippen LogP contribution in [0.1, 0.15) is 91.5 Å². The Morgan fingerprint density at radius 1 is 0.926 bits per heavy atom. The lowest BCUT2D eigenvalue weighted by Gasteiger charge is -2.43. The smallest absolute Gasteiger partial charge is 0.411 e. The van der Waals surface area contributed by atoms with Crippen molar-refractivity contribution in [2.75, 3.05) is 49.9 Å². The van der Waals surface area contributed by atoms with E-state index in [0.717, 1.165) is 16.0 Å². The molecule has 1 fully saturated rings. The number of aliphatic hydroxyl groups is 2. The lowest BCUT2D eigenvalue weighted by Crippen LogP contribution is -2.64. The van der Waals surface area contributed by atoms with Crippen LogP contribution >= 0.6 is 11.6 Å². The van der Waals surface area contributed by atoms with Crippen LogP contribution in [0.4, 0.5) is 31.4 Å². The first-order valence-corrected chi connectivity index (χ1v) is 27.2. The predicted octanol–water partition coefficient (Wildman–Crippen LogP) is 4.71. The second-order valence-electron chi connectivity index (χ2n) is 20.8. The third-order valence-corrected chi connectivity index (χ3v) is 14.7. The van der Waals surface area contributed by atoms with E-state index in [2.05, 4.69) is 31.9 Å². The highest BCUT2D eigenvalue weighted by molar-refractivity contribution is 6.35. The molecule has 0 spiro atoms. The summed E-state index contributed by atoms with van der Waals surface area (Å²) in [5.74, 6) is -5.02. The number of alkyl carbamates (subject to hydrolysis) is 1. The Morgan fingerprint density at radius 3 is 2.22 bits per heavy atom. The first-order chi connectivity index (χ1) is 38.3. The summed E-state index contributed by atoms with van der Waals surface area (Å²) >= 11 is 6.79. The van der Waals surface area contributed by atoms with Crippen LogP contribution in [-0.2, 0) is 49.4 Å². The topological polar surface area (TPSA) is 336 Å². The van der Waals surface area contributed by atoms with E-state index < -0.39 is 108 Å². The Balaban J connectivity index is 1.30. The van der Waals surface area contributed by atoms with Gasteiger partial charge in [0, 0.05) is 75.5 Å². The van der Waals surface area contributed by atoms with Crippen molar-refractivity contribution in [1.29, 1.82) is 0 Å². The Labute approximate surface area is 475 Å². The van der Waals surface area contributed by atoms with Crippen molar-refractivity contribution in [3.8, 4) is 5.75 Å². The van der Waals surface area contributed by atoms with Gasteiger partial charge in [-0.3, -0.25) is 44.3 Å². The highest BCUT2D eigenvalue weighted by Crippen LogP contribution is 2.38. The summed E-state index contributed by atoms with van der Waals surface area (Å²) in [5, 5.41) is 39.7. The first kappa shape index (κ1) is 64.3. The molecule has 25 heteroatoms. The number of benzene rings is 2. The number of nitrogens with two attached hydrogens (primary N) is 1. The van der Waals surface area contributed by atoms with Crippen molar-refractivity contribution in [3.05, 3.63) is 82.9 Å². The molecule has 24 nitrogen and oxygen atoms in total. The summed E-state index contributed by atoms with van der Waals surface area (Å²) in [4.78, 5) is 119. The van der Waals surface area contributed by atoms with Crippen LogP contribution in [0.3, 0.4) is 0 Å². The maximum Gasteiger partial charge on any atom is 0.411 e. The third kappa shape index (κ3) is 18.2. The molecule has 0 radical (unpaired) electrons. The number of unbranched alkanes of at least 4 members (excludes halogenated alkanes) is 2. The number of hydrogen-bond donors (Lipinski definition) is 9. The van der Waals surface area contributed by atoms with Gasteiger partial charge in [-0.05, 0) is 86.9 Å². The highest BCUT2D eigenvalue weighted by Gasteiger charge is 2.48. The number of urea groups is 1. The number of nitrogens with zero attached hydrogens (tertiary/aromatic N) is 2. The Bertz CT molecular complexity index is 2700. The molecule has 9 atom stereocenters. The van der Waals surface area contributed by atoms with Gasteiger partial charge < -0.3 is 61.1 Å². The number of halogens is 1. The maximum absolute atomic E-state index is 14.3. The maximum atomic E-state index is 14.3. The van der Waals surface area contributed by atoms with Gasteiger partial charge in [-0.1, -0.05) is 69.5 Å². The molecule has 1 saturated heterocycles. The van der Waals surface area contributed by atoms with E-state index in [0.29, 0.717) is 37.1 Å². The average Bonchev–Trinajstić information content (AvgIpc) is 3.83. The van der Waals surface area contributed by atoms with E-state index in [1.807, 2.05) is 6.92 Å². The number of methoxy groups -OCH3 is 2. The number of carbonyl (C=O) groups excluding carboxylic acids is 9. The number of ether oxygens (including phenoxy) is 4. The highest BCUT2D eigenvalue weighted by atomic mass is 35.5. The van der Waals surface area contributed by atoms with Crippen molar-refractivity contribution >= 4 is 82.3 Å². The molecule has 0 saturated carbocycles. The first-order valence-electron chi connectivity index (χ1n) is 26.8. The van der Waals surface area contributed by atoms with Crippen LogP contribution in [0.2, 0.25) is 5.02 Å². The van der Waals surface area contributed by atoms with E-state index in [4.69, 9.17) is 36.3 Å². The number of rotatable bonds is 20. The molecule has 2 aromatic rings. The molecule has 5 rings (SSSR count). The van der Waals surface area contributed by atoms with Gasteiger partial charge >= 0.3 is 18.2 Å². The van der Waals surface area contributed by atoms with Crippen molar-refractivity contribution in [1.82, 2.24) is 26.2 Å². The van der Waals surface area contributed by atoms with Gasteiger partial charge in [0.2, 0.25) is 23.6 Å². The molecule has 81 heavy (non-hydrogen) atoms. The van der Waals surface area contributed by atoms with Crippen LogP contribution in [0, 0.1) is 17.8 Å². The Hall–Kier alpha value is -7.54. The van der Waals surface area contributed by atoms with Gasteiger partial charge in [0.1, 0.15) is 41.2 Å². The molecule has 4 bridgehead atoms. The molecule has 3 aliphatic heterocycles. The molecule has 0 unspecified atom stereocenters. The summed E-state index contributed by atoms with van der Waals surface area (Å²) in [6.45, 7) is 8.81. The molecule has 2 aromatic carbocycles. The number of fused-ring (bicyclic) bond motifs is 4. The van der Waals surface area contributed by atoms with Crippen LogP contribution < -0.4 is 47.3 Å². The molecular weight excluding hydrogens is 1070 g/mol. The molecule has 10 N–H and O–H groups in total. The van der Waals surface area contributed by atoms with E-state index in [1.165, 1.54) is 62.6 Å². The van der Waals surface area contributed by atoms with Gasteiger partial charge in [0.25, 0.3) is 11.8 Å². The van der Waals surface area contributed by atoms with Gasteiger partial charge in [0.05, 0.1) is 25.3 Å². The SMILES string of the molecule is COc1cc2cc(c1Cl)N(C)C(=O)C[C@H](OC(=O)Nc1ccc(NC(=O)[C@H](CCCNC(N)=O)NC(=O)[C@@H](NC(=O)CCCCCN3C(=O)C=CC3=O)C(C)C)cc1)[C@@H](C)[C@@H](O)[C@H](C)[C@@H]1C[C@@](O)(NC(=O)O1)[C@H](OC)/C=C/C=C(\C)C2. The Morgan fingerprint density at radius 2 is 1.59 bits per heavy atom. The number of nitrogens with one attached hydrogen (secondary N) is 6. The van der Waals surface area contributed by atoms with Crippen molar-refractivity contribution in [2.24, 2.45) is 23.5 Å². The normalized spacial score (nSPS) is 24.2. The van der Waals surface area contributed by atoms with Crippen LogP contribution in [0.5, 0.6) is 5.75 Å². The van der Waals surface area contributed by atoms with Crippen molar-refractivity contribution in [2.45, 2.75) is 135 Å². The average molecular weight is 1150 g/mol. The van der Waals surface area contributed by atoms with E-state index >= 15 is 0 Å².